The van der Waals surface area contributed by atoms with Crippen molar-refractivity contribution < 1.29 is 0 Å². The first-order chi connectivity index (χ1) is 4.61. The second-order valence-electron chi connectivity index (χ2n) is 1.78. The van der Waals surface area contributed by atoms with E-state index >= 15 is 0 Å². The van der Waals surface area contributed by atoms with Crippen molar-refractivity contribution in [3.63, 3.8) is 0 Å². The van der Waals surface area contributed by atoms with E-state index in [1.54, 1.807) is 0 Å². The number of halogens is 3. The Bertz CT molecular complexity index is 236. The molecule has 0 N–H and O–H groups in total. The van der Waals surface area contributed by atoms with Crippen molar-refractivity contribution in [3.05, 3.63) is 25.6 Å². The van der Waals surface area contributed by atoms with Gasteiger partial charge >= 0.3 is 0 Å². The van der Waals surface area contributed by atoms with Crippen LogP contribution < -0.4 is 5.30 Å². The zero-order valence-electron chi connectivity index (χ0n) is 4.87. The molecule has 0 saturated heterocycles. The molecule has 0 aliphatic carbocycles. The molecular weight excluding hydrogens is 343 g/mol. The number of hydrogen-bond donors (Lipinski definition) is 0. The number of rotatable bonds is 0. The van der Waals surface area contributed by atoms with Crippen LogP contribution in [-0.2, 0) is 0 Å². The van der Waals surface area contributed by atoms with Gasteiger partial charge in [0.1, 0.15) is 0 Å². The Morgan fingerprint density at radius 2 is 1.40 bits per heavy atom. The lowest BCUT2D eigenvalue weighted by molar-refractivity contribution is 1.62. The maximum atomic E-state index is 3.42. The van der Waals surface area contributed by atoms with Gasteiger partial charge in [-0.1, -0.05) is 47.8 Å². The molecular formula is C6H4Br3P. The largest absolute Gasteiger partial charge is 0.103 e. The van der Waals surface area contributed by atoms with Crippen LogP contribution in [0, 0.1) is 0 Å². The Kier molecular flexibility index (Phi) is 3.36. The van der Waals surface area contributed by atoms with Gasteiger partial charge in [-0.15, -0.1) is 9.24 Å². The van der Waals surface area contributed by atoms with E-state index in [0.29, 0.717) is 0 Å². The first kappa shape index (κ1) is 9.18. The van der Waals surface area contributed by atoms with Gasteiger partial charge < -0.3 is 0 Å². The van der Waals surface area contributed by atoms with Crippen molar-refractivity contribution in [1.82, 2.24) is 0 Å². The molecule has 0 heterocycles. The predicted octanol–water partition coefficient (Wildman–Crippen LogP) is 3.47. The lowest BCUT2D eigenvalue weighted by Gasteiger charge is -2.00. The van der Waals surface area contributed by atoms with Crippen LogP contribution in [-0.4, -0.2) is 0 Å². The quantitative estimate of drug-likeness (QED) is 0.631. The lowest BCUT2D eigenvalue weighted by atomic mass is 10.4. The van der Waals surface area contributed by atoms with Gasteiger partial charge in [-0.25, -0.2) is 0 Å². The van der Waals surface area contributed by atoms with E-state index in [4.69, 9.17) is 0 Å². The van der Waals surface area contributed by atoms with E-state index in [-0.39, 0.29) is 0 Å². The fourth-order valence-electron chi connectivity index (χ4n) is 0.553. The summed E-state index contributed by atoms with van der Waals surface area (Å²) in [5.74, 6) is 0. The summed E-state index contributed by atoms with van der Waals surface area (Å²) < 4.78 is 3.23. The number of hydrogen-bond acceptors (Lipinski definition) is 0. The first-order valence-corrected chi connectivity index (χ1v) is 5.47. The zero-order chi connectivity index (χ0) is 7.72. The molecule has 4 heteroatoms. The second kappa shape index (κ2) is 3.66. The molecule has 0 aliphatic heterocycles. The molecule has 1 aromatic rings. The summed E-state index contributed by atoms with van der Waals surface area (Å²) in [5, 5.41) is 1.14. The SMILES string of the molecule is Pc1c(Br)cc(Br)cc1Br. The van der Waals surface area contributed by atoms with Gasteiger partial charge in [0.05, 0.1) is 0 Å². The molecule has 1 rings (SSSR count). The normalized spacial score (nSPS) is 10.0. The molecule has 1 atom stereocenters. The molecule has 1 unspecified atom stereocenters. The molecule has 0 saturated carbocycles. The minimum Gasteiger partial charge on any atom is -0.103 e. The molecule has 0 spiro atoms. The lowest BCUT2D eigenvalue weighted by Crippen LogP contribution is -1.94. The van der Waals surface area contributed by atoms with E-state index < -0.39 is 0 Å². The van der Waals surface area contributed by atoms with Gasteiger partial charge in [-0.05, 0) is 17.4 Å². The molecule has 0 nitrogen and oxygen atoms in total. The van der Waals surface area contributed by atoms with E-state index in [0.717, 1.165) is 18.7 Å². The van der Waals surface area contributed by atoms with E-state index in [9.17, 15) is 0 Å². The van der Waals surface area contributed by atoms with Crippen LogP contribution in [0.15, 0.2) is 25.6 Å². The Morgan fingerprint density at radius 1 is 1.00 bits per heavy atom. The topological polar surface area (TPSA) is 0 Å². The highest BCUT2D eigenvalue weighted by atomic mass is 79.9. The third-order valence-corrected chi connectivity index (χ3v) is 4.28. The Morgan fingerprint density at radius 3 is 1.80 bits per heavy atom. The first-order valence-electron chi connectivity index (χ1n) is 2.51. The molecule has 0 amide bonds. The highest BCUT2D eigenvalue weighted by Gasteiger charge is 2.00. The second-order valence-corrected chi connectivity index (χ2v) is 4.98. The summed E-state index contributed by atoms with van der Waals surface area (Å²) in [6.07, 6.45) is 0. The summed E-state index contributed by atoms with van der Waals surface area (Å²) >= 11 is 10.2. The molecule has 0 fully saturated rings. The van der Waals surface area contributed by atoms with Crippen molar-refractivity contribution in [2.75, 3.05) is 0 Å². The summed E-state index contributed by atoms with van der Waals surface area (Å²) in [7, 11) is 2.65. The van der Waals surface area contributed by atoms with Crippen molar-refractivity contribution in [3.8, 4) is 0 Å². The smallest absolute Gasteiger partial charge is 0.0269 e. The summed E-state index contributed by atoms with van der Waals surface area (Å²) in [4.78, 5) is 0. The summed E-state index contributed by atoms with van der Waals surface area (Å²) in [6.45, 7) is 0. The minimum absolute atomic E-state index is 1.07. The third kappa shape index (κ3) is 2.04. The van der Waals surface area contributed by atoms with Crippen LogP contribution in [0.25, 0.3) is 0 Å². The average molecular weight is 347 g/mol. The van der Waals surface area contributed by atoms with Crippen molar-refractivity contribution in [2.45, 2.75) is 0 Å². The Hall–Kier alpha value is 1.09. The molecule has 0 aromatic heterocycles. The fraction of sp³-hybridized carbons (Fsp3) is 0. The van der Waals surface area contributed by atoms with Crippen LogP contribution in [0.2, 0.25) is 0 Å². The van der Waals surface area contributed by atoms with Crippen LogP contribution >= 0.6 is 57.0 Å². The van der Waals surface area contributed by atoms with Gasteiger partial charge in [0, 0.05) is 13.4 Å². The minimum atomic E-state index is 1.07. The Labute approximate surface area is 87.4 Å². The maximum absolute atomic E-state index is 3.42. The summed E-state index contributed by atoms with van der Waals surface area (Å²) in [5.41, 5.74) is 0. The van der Waals surface area contributed by atoms with E-state index in [1.165, 1.54) is 0 Å². The molecule has 0 radical (unpaired) electrons. The van der Waals surface area contributed by atoms with Crippen LogP contribution in [0.3, 0.4) is 0 Å². The van der Waals surface area contributed by atoms with E-state index in [2.05, 4.69) is 57.0 Å². The molecule has 10 heavy (non-hydrogen) atoms. The van der Waals surface area contributed by atoms with Crippen LogP contribution in [0.5, 0.6) is 0 Å². The Balaban J connectivity index is 3.31. The fourth-order valence-corrected chi connectivity index (χ4v) is 2.98. The van der Waals surface area contributed by atoms with Gasteiger partial charge in [-0.3, -0.25) is 0 Å². The van der Waals surface area contributed by atoms with Crippen molar-refractivity contribution >= 4 is 62.3 Å². The van der Waals surface area contributed by atoms with Gasteiger partial charge in [0.25, 0.3) is 0 Å². The highest BCUT2D eigenvalue weighted by Crippen LogP contribution is 2.23. The van der Waals surface area contributed by atoms with Crippen LogP contribution in [0.4, 0.5) is 0 Å². The molecule has 0 bridgehead atoms. The molecule has 1 aromatic carbocycles. The van der Waals surface area contributed by atoms with E-state index in [1.807, 2.05) is 12.1 Å². The summed E-state index contributed by atoms with van der Waals surface area (Å²) in [6, 6.07) is 4.01. The van der Waals surface area contributed by atoms with Crippen molar-refractivity contribution in [2.24, 2.45) is 0 Å². The standard InChI is InChI=1S/C6H4Br3P/c7-3-1-4(8)6(10)5(9)2-3/h1-2H,10H2. The molecule has 54 valence electrons. The van der Waals surface area contributed by atoms with Crippen molar-refractivity contribution in [1.29, 1.82) is 0 Å². The van der Waals surface area contributed by atoms with Crippen LogP contribution in [0.1, 0.15) is 0 Å². The average Bonchev–Trinajstić information content (AvgIpc) is 1.82. The monoisotopic (exact) mass is 344 g/mol. The maximum Gasteiger partial charge on any atom is 0.0269 e. The zero-order valence-corrected chi connectivity index (χ0v) is 10.8. The van der Waals surface area contributed by atoms with Gasteiger partial charge in [0.15, 0.2) is 0 Å². The predicted molar refractivity (Wildman–Crippen MR) is 58.9 cm³/mol. The van der Waals surface area contributed by atoms with Gasteiger partial charge in [-0.2, -0.15) is 0 Å². The highest BCUT2D eigenvalue weighted by molar-refractivity contribution is 9.11. The number of benzene rings is 1. The van der Waals surface area contributed by atoms with Gasteiger partial charge in [0.2, 0.25) is 0 Å². The third-order valence-electron chi connectivity index (χ3n) is 1.04. The molecule has 0 aliphatic rings.